The number of nitrogens with zero attached hydrogens (tertiary/aromatic N) is 3. The lowest BCUT2D eigenvalue weighted by molar-refractivity contribution is 0.0951. The Balaban J connectivity index is 1.81. The minimum atomic E-state index is -0.849. The van der Waals surface area contributed by atoms with Crippen molar-refractivity contribution >= 4 is 17.4 Å². The maximum absolute atomic E-state index is 13.9. The van der Waals surface area contributed by atoms with E-state index in [2.05, 4.69) is 31.0 Å². The Morgan fingerprint density at radius 1 is 1.28 bits per heavy atom. The maximum Gasteiger partial charge on any atom is 0.255 e. The van der Waals surface area contributed by atoms with E-state index in [4.69, 9.17) is 9.72 Å². The summed E-state index contributed by atoms with van der Waals surface area (Å²) in [4.78, 5) is 21.9. The summed E-state index contributed by atoms with van der Waals surface area (Å²) in [5.41, 5.74) is 2.32. The third kappa shape index (κ3) is 5.81. The molecule has 2 fully saturated rings. The molecule has 1 amide bonds. The van der Waals surface area contributed by atoms with Gasteiger partial charge in [-0.1, -0.05) is 20.8 Å². The van der Waals surface area contributed by atoms with Crippen LogP contribution in [0.4, 0.5) is 15.9 Å². The molecule has 3 rings (SSSR count). The van der Waals surface area contributed by atoms with Gasteiger partial charge in [-0.15, -0.1) is 0 Å². The summed E-state index contributed by atoms with van der Waals surface area (Å²) >= 11 is 0. The molecule has 2 aliphatic rings. The molecule has 2 aliphatic heterocycles. The largest absolute Gasteiger partial charge is 0.378 e. The first-order valence-electron chi connectivity index (χ1n) is 10.8. The number of aromatic nitrogens is 1. The normalized spacial score (nSPS) is 20.2. The van der Waals surface area contributed by atoms with Crippen LogP contribution in [0.5, 0.6) is 0 Å². The zero-order valence-electron chi connectivity index (χ0n) is 18.3. The van der Waals surface area contributed by atoms with E-state index in [0.29, 0.717) is 50.5 Å². The Labute approximate surface area is 173 Å². The van der Waals surface area contributed by atoms with Gasteiger partial charge in [-0.25, -0.2) is 9.37 Å². The average Bonchev–Trinajstić information content (AvgIpc) is 3.10. The van der Waals surface area contributed by atoms with Crippen molar-refractivity contribution < 1.29 is 13.9 Å². The molecule has 0 aliphatic carbocycles. The van der Waals surface area contributed by atoms with Gasteiger partial charge < -0.3 is 19.9 Å². The number of halogens is 1. The number of alkyl halides is 1. The number of amides is 1. The van der Waals surface area contributed by atoms with Crippen LogP contribution >= 0.6 is 0 Å². The summed E-state index contributed by atoms with van der Waals surface area (Å²) in [6, 6.07) is 1.96. The zero-order chi connectivity index (χ0) is 21.0. The molecule has 1 aromatic heterocycles. The van der Waals surface area contributed by atoms with Crippen LogP contribution in [-0.4, -0.2) is 63.0 Å². The van der Waals surface area contributed by atoms with Gasteiger partial charge in [0.2, 0.25) is 0 Å². The van der Waals surface area contributed by atoms with Gasteiger partial charge in [0.25, 0.3) is 5.91 Å². The van der Waals surface area contributed by atoms with Crippen LogP contribution in [0.25, 0.3) is 0 Å². The minimum absolute atomic E-state index is 0.116. The molecule has 0 spiro atoms. The Hall–Kier alpha value is -1.89. The van der Waals surface area contributed by atoms with E-state index in [9.17, 15) is 9.18 Å². The quantitative estimate of drug-likeness (QED) is 0.735. The molecule has 1 aromatic rings. The number of rotatable bonds is 6. The van der Waals surface area contributed by atoms with E-state index in [1.54, 1.807) is 0 Å². The van der Waals surface area contributed by atoms with Crippen LogP contribution in [0, 0.1) is 12.3 Å². The van der Waals surface area contributed by atoms with Gasteiger partial charge in [-0.05, 0) is 31.6 Å². The fraction of sp³-hybridized carbons (Fsp3) is 0.727. The number of anilines is 2. The lowest BCUT2D eigenvalue weighted by atomic mass is 9.91. The van der Waals surface area contributed by atoms with Gasteiger partial charge in [0.15, 0.2) is 0 Å². The number of morpholine rings is 1. The smallest absolute Gasteiger partial charge is 0.255 e. The molecule has 1 unspecified atom stereocenters. The topological polar surface area (TPSA) is 57.7 Å². The SMILES string of the molecule is Cc1nc(N2CCOCC2)cc(N2CCC(F)C2)c1C(=O)NCCCC(C)(C)C. The Morgan fingerprint density at radius 3 is 2.62 bits per heavy atom. The zero-order valence-corrected chi connectivity index (χ0v) is 18.3. The Bertz CT molecular complexity index is 713. The predicted molar refractivity (Wildman–Crippen MR) is 115 cm³/mol. The summed E-state index contributed by atoms with van der Waals surface area (Å²) in [5, 5.41) is 3.05. The molecule has 1 atom stereocenters. The van der Waals surface area contributed by atoms with Crippen LogP contribution in [0.3, 0.4) is 0 Å². The van der Waals surface area contributed by atoms with Crippen LogP contribution in [0.1, 0.15) is 56.1 Å². The molecule has 0 aromatic carbocycles. The van der Waals surface area contributed by atoms with Gasteiger partial charge >= 0.3 is 0 Å². The highest BCUT2D eigenvalue weighted by Gasteiger charge is 2.28. The second-order valence-corrected chi connectivity index (χ2v) is 9.31. The molecule has 29 heavy (non-hydrogen) atoms. The van der Waals surface area contributed by atoms with E-state index < -0.39 is 6.17 Å². The van der Waals surface area contributed by atoms with Crippen molar-refractivity contribution in [3.05, 3.63) is 17.3 Å². The third-order valence-electron chi connectivity index (χ3n) is 5.59. The van der Waals surface area contributed by atoms with Gasteiger partial charge in [0, 0.05) is 38.8 Å². The van der Waals surface area contributed by atoms with Crippen molar-refractivity contribution in [2.45, 2.75) is 53.1 Å². The summed E-state index contributed by atoms with van der Waals surface area (Å²) < 4.78 is 19.4. The molecule has 0 radical (unpaired) electrons. The third-order valence-corrected chi connectivity index (χ3v) is 5.59. The first kappa shape index (κ1) is 21.8. The van der Waals surface area contributed by atoms with Crippen molar-refractivity contribution in [3.63, 3.8) is 0 Å². The van der Waals surface area contributed by atoms with Crippen LogP contribution in [0.15, 0.2) is 6.07 Å². The van der Waals surface area contributed by atoms with Crippen molar-refractivity contribution in [3.8, 4) is 0 Å². The van der Waals surface area contributed by atoms with E-state index in [1.165, 1.54) is 0 Å². The van der Waals surface area contributed by atoms with Crippen LogP contribution < -0.4 is 15.1 Å². The van der Waals surface area contributed by atoms with Crippen LogP contribution in [0.2, 0.25) is 0 Å². The number of hydrogen-bond donors (Lipinski definition) is 1. The highest BCUT2D eigenvalue weighted by Crippen LogP contribution is 2.31. The fourth-order valence-electron chi connectivity index (χ4n) is 3.97. The second kappa shape index (κ2) is 9.28. The summed E-state index contributed by atoms with van der Waals surface area (Å²) in [6.07, 6.45) is 1.63. The van der Waals surface area contributed by atoms with E-state index >= 15 is 0 Å². The predicted octanol–water partition coefficient (Wildman–Crippen LogP) is 3.33. The van der Waals surface area contributed by atoms with Gasteiger partial charge in [0.1, 0.15) is 12.0 Å². The molecular formula is C22H35FN4O2. The van der Waals surface area contributed by atoms with Gasteiger partial charge in [-0.3, -0.25) is 4.79 Å². The Morgan fingerprint density at radius 2 is 2.00 bits per heavy atom. The van der Waals surface area contributed by atoms with Gasteiger partial charge in [-0.2, -0.15) is 0 Å². The minimum Gasteiger partial charge on any atom is -0.378 e. The highest BCUT2D eigenvalue weighted by atomic mass is 19.1. The van der Waals surface area contributed by atoms with Crippen molar-refractivity contribution in [1.29, 1.82) is 0 Å². The summed E-state index contributed by atoms with van der Waals surface area (Å²) in [7, 11) is 0. The molecule has 0 bridgehead atoms. The maximum atomic E-state index is 13.9. The van der Waals surface area contributed by atoms with Crippen LogP contribution in [-0.2, 0) is 4.74 Å². The highest BCUT2D eigenvalue weighted by molar-refractivity contribution is 6.01. The lowest BCUT2D eigenvalue weighted by Crippen LogP contribution is -2.37. The summed E-state index contributed by atoms with van der Waals surface area (Å²) in [5.74, 6) is 0.724. The number of nitrogens with one attached hydrogen (secondary N) is 1. The molecule has 2 saturated heterocycles. The molecule has 6 nitrogen and oxygen atoms in total. The number of carbonyl (C=O) groups excluding carboxylic acids is 1. The first-order chi connectivity index (χ1) is 13.7. The average molecular weight is 407 g/mol. The first-order valence-corrected chi connectivity index (χ1v) is 10.8. The standard InChI is InChI=1S/C22H35FN4O2/c1-16-20(21(28)24-8-5-7-22(2,3)4)18(27-9-6-17(23)15-27)14-19(25-16)26-10-12-29-13-11-26/h14,17H,5-13,15H2,1-4H3,(H,24,28). The molecule has 7 heteroatoms. The number of hydrogen-bond acceptors (Lipinski definition) is 5. The second-order valence-electron chi connectivity index (χ2n) is 9.31. The molecule has 1 N–H and O–H groups in total. The molecule has 3 heterocycles. The van der Waals surface area contributed by atoms with Gasteiger partial charge in [0.05, 0.1) is 30.2 Å². The molecule has 0 saturated carbocycles. The van der Waals surface area contributed by atoms with Crippen molar-refractivity contribution in [2.24, 2.45) is 5.41 Å². The van der Waals surface area contributed by atoms with E-state index in [-0.39, 0.29) is 11.3 Å². The Kier molecular flexibility index (Phi) is 6.98. The fourth-order valence-corrected chi connectivity index (χ4v) is 3.97. The number of carbonyl (C=O) groups is 1. The molecule has 162 valence electrons. The number of ether oxygens (including phenoxy) is 1. The summed E-state index contributed by atoms with van der Waals surface area (Å²) in [6.45, 7) is 12.9. The van der Waals surface area contributed by atoms with E-state index in [1.807, 2.05) is 17.9 Å². The van der Waals surface area contributed by atoms with Crippen molar-refractivity contribution in [1.82, 2.24) is 10.3 Å². The lowest BCUT2D eigenvalue weighted by Gasteiger charge is -2.30. The van der Waals surface area contributed by atoms with Crippen molar-refractivity contribution in [2.75, 3.05) is 55.7 Å². The van der Waals surface area contributed by atoms with E-state index in [0.717, 1.165) is 37.4 Å². The number of pyridine rings is 1. The number of aryl methyl sites for hydroxylation is 1. The monoisotopic (exact) mass is 406 g/mol. The molecular weight excluding hydrogens is 371 g/mol.